The van der Waals surface area contributed by atoms with Gasteiger partial charge < -0.3 is 15.1 Å². The lowest BCUT2D eigenvalue weighted by atomic mass is 10.00. The van der Waals surface area contributed by atoms with Crippen molar-refractivity contribution in [3.63, 3.8) is 0 Å². The van der Waals surface area contributed by atoms with Gasteiger partial charge in [0.2, 0.25) is 0 Å². The van der Waals surface area contributed by atoms with E-state index in [1.54, 1.807) is 0 Å². The highest BCUT2D eigenvalue weighted by molar-refractivity contribution is 5.93. The standard InChI is InChI=1S/C13H20N2O2/c1-8-7-9(2)17-12(8)13(16)15-11-5-4-6-14-10(11)3/h7,10-11,14H,4-6H2,1-3H3,(H,15,16). The van der Waals surface area contributed by atoms with Crippen LogP contribution in [-0.4, -0.2) is 24.5 Å². The maximum absolute atomic E-state index is 12.1. The summed E-state index contributed by atoms with van der Waals surface area (Å²) < 4.78 is 5.42. The lowest BCUT2D eigenvalue weighted by molar-refractivity contribution is 0.0889. The van der Waals surface area contributed by atoms with Gasteiger partial charge in [-0.1, -0.05) is 0 Å². The van der Waals surface area contributed by atoms with Crippen LogP contribution in [-0.2, 0) is 0 Å². The molecule has 0 saturated carbocycles. The van der Waals surface area contributed by atoms with E-state index in [-0.39, 0.29) is 11.9 Å². The van der Waals surface area contributed by atoms with Crippen molar-refractivity contribution in [2.75, 3.05) is 6.54 Å². The molecule has 0 aliphatic carbocycles. The van der Waals surface area contributed by atoms with Gasteiger partial charge in [0.1, 0.15) is 5.76 Å². The predicted molar refractivity (Wildman–Crippen MR) is 66.1 cm³/mol. The van der Waals surface area contributed by atoms with Crippen LogP contribution in [0.25, 0.3) is 0 Å². The summed E-state index contributed by atoms with van der Waals surface area (Å²) in [5.74, 6) is 1.12. The second-order valence-electron chi connectivity index (χ2n) is 4.83. The molecule has 1 amide bonds. The van der Waals surface area contributed by atoms with Gasteiger partial charge in [0.25, 0.3) is 5.91 Å². The lowest BCUT2D eigenvalue weighted by Crippen LogP contribution is -2.51. The van der Waals surface area contributed by atoms with Crippen LogP contribution in [0.4, 0.5) is 0 Å². The SMILES string of the molecule is Cc1cc(C)c(C(=O)NC2CCCNC2C)o1. The number of carbonyl (C=O) groups is 1. The third kappa shape index (κ3) is 2.69. The average molecular weight is 236 g/mol. The van der Waals surface area contributed by atoms with Crippen molar-refractivity contribution in [1.29, 1.82) is 0 Å². The quantitative estimate of drug-likeness (QED) is 0.822. The second kappa shape index (κ2) is 4.92. The normalized spacial score (nSPS) is 24.6. The fraction of sp³-hybridized carbons (Fsp3) is 0.615. The van der Waals surface area contributed by atoms with E-state index in [1.165, 1.54) is 0 Å². The number of furan rings is 1. The van der Waals surface area contributed by atoms with Crippen LogP contribution in [0, 0.1) is 13.8 Å². The van der Waals surface area contributed by atoms with Crippen LogP contribution in [0.1, 0.15) is 41.6 Å². The summed E-state index contributed by atoms with van der Waals surface area (Å²) in [6.07, 6.45) is 2.13. The Hall–Kier alpha value is -1.29. The van der Waals surface area contributed by atoms with Gasteiger partial charge >= 0.3 is 0 Å². The van der Waals surface area contributed by atoms with Crippen LogP contribution in [0.5, 0.6) is 0 Å². The van der Waals surface area contributed by atoms with Gasteiger partial charge in [-0.15, -0.1) is 0 Å². The number of amides is 1. The van der Waals surface area contributed by atoms with Crippen LogP contribution in [0.3, 0.4) is 0 Å². The van der Waals surface area contributed by atoms with Crippen LogP contribution >= 0.6 is 0 Å². The number of nitrogens with one attached hydrogen (secondary N) is 2. The number of piperidine rings is 1. The molecule has 1 aliphatic heterocycles. The fourth-order valence-corrected chi connectivity index (χ4v) is 2.34. The van der Waals surface area contributed by atoms with Crippen molar-refractivity contribution in [3.8, 4) is 0 Å². The summed E-state index contributed by atoms with van der Waals surface area (Å²) in [6.45, 7) is 6.89. The van der Waals surface area contributed by atoms with E-state index in [1.807, 2.05) is 19.9 Å². The molecule has 4 heteroatoms. The minimum absolute atomic E-state index is 0.101. The van der Waals surface area contributed by atoms with Gasteiger partial charge in [-0.2, -0.15) is 0 Å². The van der Waals surface area contributed by atoms with Gasteiger partial charge in [0.15, 0.2) is 5.76 Å². The molecule has 2 rings (SSSR count). The van der Waals surface area contributed by atoms with E-state index in [2.05, 4.69) is 17.6 Å². The van der Waals surface area contributed by atoms with Crippen molar-refractivity contribution < 1.29 is 9.21 Å². The molecule has 1 aromatic heterocycles. The third-order valence-corrected chi connectivity index (χ3v) is 3.33. The molecule has 2 atom stereocenters. The molecule has 1 saturated heterocycles. The number of aryl methyl sites for hydroxylation is 2. The van der Waals surface area contributed by atoms with E-state index in [4.69, 9.17) is 4.42 Å². The van der Waals surface area contributed by atoms with Gasteiger partial charge in [0.05, 0.1) is 0 Å². The van der Waals surface area contributed by atoms with Crippen LogP contribution < -0.4 is 10.6 Å². The van der Waals surface area contributed by atoms with Crippen molar-refractivity contribution in [3.05, 3.63) is 23.2 Å². The molecule has 2 unspecified atom stereocenters. The molecule has 2 N–H and O–H groups in total. The molecule has 94 valence electrons. The van der Waals surface area contributed by atoms with Crippen molar-refractivity contribution in [1.82, 2.24) is 10.6 Å². The number of carbonyl (C=O) groups excluding carboxylic acids is 1. The fourth-order valence-electron chi connectivity index (χ4n) is 2.34. The Kier molecular flexibility index (Phi) is 3.52. The monoisotopic (exact) mass is 236 g/mol. The smallest absolute Gasteiger partial charge is 0.287 e. The lowest BCUT2D eigenvalue weighted by Gasteiger charge is -2.30. The Morgan fingerprint density at radius 3 is 2.88 bits per heavy atom. The van der Waals surface area contributed by atoms with Crippen molar-refractivity contribution >= 4 is 5.91 Å². The summed E-state index contributed by atoms with van der Waals surface area (Å²) in [5, 5.41) is 6.41. The number of hydrogen-bond acceptors (Lipinski definition) is 3. The predicted octanol–water partition coefficient (Wildman–Crippen LogP) is 1.77. The average Bonchev–Trinajstić information content (AvgIpc) is 2.61. The van der Waals surface area contributed by atoms with Gasteiger partial charge in [0, 0.05) is 17.6 Å². The third-order valence-electron chi connectivity index (χ3n) is 3.33. The zero-order chi connectivity index (χ0) is 12.4. The largest absolute Gasteiger partial charge is 0.456 e. The second-order valence-corrected chi connectivity index (χ2v) is 4.83. The molecule has 0 aromatic carbocycles. The molecular formula is C13H20N2O2. The highest BCUT2D eigenvalue weighted by atomic mass is 16.3. The molecule has 4 nitrogen and oxygen atoms in total. The molecule has 1 aromatic rings. The molecule has 17 heavy (non-hydrogen) atoms. The van der Waals surface area contributed by atoms with Crippen LogP contribution in [0.2, 0.25) is 0 Å². The summed E-state index contributed by atoms with van der Waals surface area (Å²) in [6, 6.07) is 2.41. The highest BCUT2D eigenvalue weighted by Gasteiger charge is 2.24. The Bertz CT molecular complexity index is 412. The van der Waals surface area contributed by atoms with Gasteiger partial charge in [-0.05, 0) is 46.2 Å². The minimum atomic E-state index is -0.101. The molecule has 1 fully saturated rings. The summed E-state index contributed by atoms with van der Waals surface area (Å²) in [5.41, 5.74) is 0.899. The number of rotatable bonds is 2. The van der Waals surface area contributed by atoms with Crippen molar-refractivity contribution in [2.24, 2.45) is 0 Å². The topological polar surface area (TPSA) is 54.3 Å². The molecule has 0 bridgehead atoms. The van der Waals surface area contributed by atoms with E-state index in [0.29, 0.717) is 11.8 Å². The summed E-state index contributed by atoms with van der Waals surface area (Å²) >= 11 is 0. The molecule has 2 heterocycles. The van der Waals surface area contributed by atoms with E-state index in [9.17, 15) is 4.79 Å². The summed E-state index contributed by atoms with van der Waals surface area (Å²) in [4.78, 5) is 12.1. The zero-order valence-electron chi connectivity index (χ0n) is 10.7. The first-order valence-corrected chi connectivity index (χ1v) is 6.19. The first-order chi connectivity index (χ1) is 8.08. The summed E-state index contributed by atoms with van der Waals surface area (Å²) in [7, 11) is 0. The van der Waals surface area contributed by atoms with E-state index >= 15 is 0 Å². The Labute approximate surface area is 102 Å². The Balaban J connectivity index is 2.03. The zero-order valence-corrected chi connectivity index (χ0v) is 10.7. The van der Waals surface area contributed by atoms with Gasteiger partial charge in [-0.3, -0.25) is 4.79 Å². The first-order valence-electron chi connectivity index (χ1n) is 6.19. The highest BCUT2D eigenvalue weighted by Crippen LogP contribution is 2.15. The van der Waals surface area contributed by atoms with Crippen LogP contribution in [0.15, 0.2) is 10.5 Å². The van der Waals surface area contributed by atoms with Gasteiger partial charge in [-0.25, -0.2) is 0 Å². The molecule has 0 radical (unpaired) electrons. The molecular weight excluding hydrogens is 216 g/mol. The van der Waals surface area contributed by atoms with E-state index in [0.717, 1.165) is 30.7 Å². The van der Waals surface area contributed by atoms with Crippen molar-refractivity contribution in [2.45, 2.75) is 45.7 Å². The maximum atomic E-state index is 12.1. The first kappa shape index (κ1) is 12.2. The molecule has 0 spiro atoms. The Morgan fingerprint density at radius 2 is 2.29 bits per heavy atom. The number of hydrogen-bond donors (Lipinski definition) is 2. The molecule has 1 aliphatic rings. The minimum Gasteiger partial charge on any atom is -0.456 e. The maximum Gasteiger partial charge on any atom is 0.287 e. The van der Waals surface area contributed by atoms with E-state index < -0.39 is 0 Å². The Morgan fingerprint density at radius 1 is 1.53 bits per heavy atom.